The minimum absolute atomic E-state index is 0.0631. The van der Waals surface area contributed by atoms with Crippen LogP contribution in [-0.2, 0) is 16.1 Å². The Morgan fingerprint density at radius 2 is 1.79 bits per heavy atom. The molecule has 1 saturated carbocycles. The molecule has 1 aliphatic carbocycles. The summed E-state index contributed by atoms with van der Waals surface area (Å²) >= 11 is 1.28. The molecule has 2 N–H and O–H groups in total. The van der Waals surface area contributed by atoms with Crippen LogP contribution < -0.4 is 10.6 Å². The molecule has 3 rings (SSSR count). The van der Waals surface area contributed by atoms with E-state index < -0.39 is 17.0 Å². The molecule has 0 bridgehead atoms. The summed E-state index contributed by atoms with van der Waals surface area (Å²) < 4.78 is 0. The van der Waals surface area contributed by atoms with Crippen LogP contribution in [0.2, 0.25) is 0 Å². The summed E-state index contributed by atoms with van der Waals surface area (Å²) in [4.78, 5) is 52.4. The third-order valence-corrected chi connectivity index (χ3v) is 6.67. The Labute approximate surface area is 175 Å². The van der Waals surface area contributed by atoms with E-state index in [2.05, 4.69) is 10.6 Å². The van der Waals surface area contributed by atoms with Gasteiger partial charge in [0.1, 0.15) is 5.54 Å². The zero-order valence-electron chi connectivity index (χ0n) is 17.3. The van der Waals surface area contributed by atoms with Gasteiger partial charge in [0.05, 0.1) is 18.0 Å². The molecule has 1 aliphatic heterocycles. The van der Waals surface area contributed by atoms with Gasteiger partial charge in [-0.2, -0.15) is 0 Å². The van der Waals surface area contributed by atoms with Gasteiger partial charge in [-0.05, 0) is 25.0 Å². The molecule has 2 aliphatic rings. The van der Waals surface area contributed by atoms with Gasteiger partial charge in [-0.3, -0.25) is 19.3 Å². The molecule has 0 aromatic carbocycles. The number of carbonyl (C=O) groups excluding carboxylic acids is 4. The number of amides is 4. The van der Waals surface area contributed by atoms with Crippen molar-refractivity contribution in [3.63, 3.8) is 0 Å². The number of ketones is 1. The van der Waals surface area contributed by atoms with E-state index in [9.17, 15) is 19.2 Å². The van der Waals surface area contributed by atoms with Gasteiger partial charge in [-0.25, -0.2) is 4.79 Å². The molecule has 1 aromatic heterocycles. The number of nitrogens with one attached hydrogen (secondary N) is 2. The van der Waals surface area contributed by atoms with Gasteiger partial charge in [0.25, 0.3) is 5.91 Å². The third kappa shape index (κ3) is 4.69. The lowest BCUT2D eigenvalue weighted by Crippen LogP contribution is -2.46. The number of nitrogens with zero attached hydrogens (tertiary/aromatic N) is 1. The van der Waals surface area contributed by atoms with Gasteiger partial charge in [0, 0.05) is 10.3 Å². The van der Waals surface area contributed by atoms with Crippen molar-refractivity contribution in [1.29, 1.82) is 0 Å². The minimum atomic E-state index is -0.828. The fourth-order valence-electron chi connectivity index (χ4n) is 3.77. The molecule has 2 heterocycles. The zero-order chi connectivity index (χ0) is 21.2. The van der Waals surface area contributed by atoms with Gasteiger partial charge in [0.15, 0.2) is 5.78 Å². The lowest BCUT2D eigenvalue weighted by atomic mass is 9.90. The first-order valence-corrected chi connectivity index (χ1v) is 11.0. The van der Waals surface area contributed by atoms with Crippen LogP contribution in [0.4, 0.5) is 4.79 Å². The zero-order valence-corrected chi connectivity index (χ0v) is 18.1. The fraction of sp³-hybridized carbons (Fsp3) is 0.619. The lowest BCUT2D eigenvalue weighted by Gasteiger charge is -2.24. The molecule has 1 saturated heterocycles. The Morgan fingerprint density at radius 1 is 1.14 bits per heavy atom. The average molecular weight is 420 g/mol. The Kier molecular flexibility index (Phi) is 6.12. The molecule has 1 spiro atoms. The van der Waals surface area contributed by atoms with Crippen molar-refractivity contribution < 1.29 is 19.2 Å². The fourth-order valence-corrected chi connectivity index (χ4v) is 4.65. The number of rotatable bonds is 5. The molecular weight excluding hydrogens is 390 g/mol. The SMILES string of the molecule is CC(C)(C)C(=O)NCc1ccc(C(=O)CN2C(=O)NC3(CCCCCC3)C2=O)s1. The topological polar surface area (TPSA) is 95.6 Å². The molecule has 0 radical (unpaired) electrons. The molecule has 8 heteroatoms. The van der Waals surface area contributed by atoms with Crippen LogP contribution in [0.5, 0.6) is 0 Å². The third-order valence-electron chi connectivity index (χ3n) is 5.55. The van der Waals surface area contributed by atoms with E-state index >= 15 is 0 Å². The summed E-state index contributed by atoms with van der Waals surface area (Å²) in [7, 11) is 0. The largest absolute Gasteiger partial charge is 0.351 e. The first kappa shape index (κ1) is 21.5. The smallest absolute Gasteiger partial charge is 0.325 e. The van der Waals surface area contributed by atoms with E-state index in [1.165, 1.54) is 11.3 Å². The number of thiophene rings is 1. The standard InChI is InChI=1S/C21H29N3O4S/c1-20(2,3)17(26)22-12-14-8-9-16(29-14)15(25)13-24-18(27)21(23-19(24)28)10-6-4-5-7-11-21/h8-9H,4-7,10-13H2,1-3H3,(H,22,26)(H,23,28). The highest BCUT2D eigenvalue weighted by Crippen LogP contribution is 2.33. The molecule has 2 fully saturated rings. The van der Waals surface area contributed by atoms with E-state index in [4.69, 9.17) is 0 Å². The highest BCUT2D eigenvalue weighted by molar-refractivity contribution is 7.14. The maximum atomic E-state index is 12.9. The lowest BCUT2D eigenvalue weighted by molar-refractivity contribution is -0.131. The van der Waals surface area contributed by atoms with Crippen molar-refractivity contribution in [1.82, 2.24) is 15.5 Å². The molecule has 29 heavy (non-hydrogen) atoms. The molecule has 1 aromatic rings. The number of hydrogen-bond acceptors (Lipinski definition) is 5. The first-order chi connectivity index (χ1) is 13.6. The number of imide groups is 1. The quantitative estimate of drug-likeness (QED) is 0.566. The Balaban J connectivity index is 1.62. The summed E-state index contributed by atoms with van der Waals surface area (Å²) in [5.74, 6) is -0.601. The minimum Gasteiger partial charge on any atom is -0.351 e. The normalized spacial score (nSPS) is 19.2. The van der Waals surface area contributed by atoms with Gasteiger partial charge >= 0.3 is 6.03 Å². The van der Waals surface area contributed by atoms with E-state index in [1.54, 1.807) is 12.1 Å². The van der Waals surface area contributed by atoms with Crippen molar-refractivity contribution in [3.8, 4) is 0 Å². The summed E-state index contributed by atoms with van der Waals surface area (Å²) in [6.45, 7) is 5.61. The van der Waals surface area contributed by atoms with E-state index in [0.717, 1.165) is 35.5 Å². The van der Waals surface area contributed by atoms with Crippen LogP contribution in [0.1, 0.15) is 73.8 Å². The predicted octanol–water partition coefficient (Wildman–Crippen LogP) is 3.24. The number of urea groups is 1. The molecule has 0 atom stereocenters. The highest BCUT2D eigenvalue weighted by atomic mass is 32.1. The van der Waals surface area contributed by atoms with Crippen LogP contribution in [0.25, 0.3) is 0 Å². The summed E-state index contributed by atoms with van der Waals surface area (Å²) in [6, 6.07) is 3.00. The molecule has 4 amide bonds. The van der Waals surface area contributed by atoms with E-state index in [1.807, 2.05) is 20.8 Å². The maximum absolute atomic E-state index is 12.9. The highest BCUT2D eigenvalue weighted by Gasteiger charge is 2.51. The van der Waals surface area contributed by atoms with Gasteiger partial charge in [-0.1, -0.05) is 46.5 Å². The number of Topliss-reactive ketones (excluding diaryl/α,β-unsaturated/α-hetero) is 1. The Morgan fingerprint density at radius 3 is 2.41 bits per heavy atom. The van der Waals surface area contributed by atoms with Crippen LogP contribution >= 0.6 is 11.3 Å². The van der Waals surface area contributed by atoms with E-state index in [-0.39, 0.29) is 24.1 Å². The first-order valence-electron chi connectivity index (χ1n) is 10.2. The van der Waals surface area contributed by atoms with Gasteiger partial charge in [-0.15, -0.1) is 11.3 Å². The summed E-state index contributed by atoms with van der Waals surface area (Å²) in [5, 5.41) is 5.71. The predicted molar refractivity (Wildman–Crippen MR) is 111 cm³/mol. The van der Waals surface area contributed by atoms with Crippen molar-refractivity contribution >= 4 is 35.0 Å². The van der Waals surface area contributed by atoms with Gasteiger partial charge < -0.3 is 10.6 Å². The van der Waals surface area contributed by atoms with Crippen LogP contribution in [-0.4, -0.2) is 40.6 Å². The van der Waals surface area contributed by atoms with Crippen molar-refractivity contribution in [3.05, 3.63) is 21.9 Å². The molecular formula is C21H29N3O4S. The van der Waals surface area contributed by atoms with Gasteiger partial charge in [0.2, 0.25) is 5.91 Å². The van der Waals surface area contributed by atoms with Crippen molar-refractivity contribution in [2.45, 2.75) is 71.4 Å². The molecule has 0 unspecified atom stereocenters. The Bertz CT molecular complexity index is 816. The number of carbonyl (C=O) groups is 4. The number of hydrogen-bond donors (Lipinski definition) is 2. The average Bonchev–Trinajstić information content (AvgIpc) is 3.11. The van der Waals surface area contributed by atoms with Crippen molar-refractivity contribution in [2.24, 2.45) is 5.41 Å². The second-order valence-corrected chi connectivity index (χ2v) is 10.1. The van der Waals surface area contributed by atoms with Crippen LogP contribution in [0.3, 0.4) is 0 Å². The molecule has 7 nitrogen and oxygen atoms in total. The van der Waals surface area contributed by atoms with Crippen LogP contribution in [0.15, 0.2) is 12.1 Å². The summed E-state index contributed by atoms with van der Waals surface area (Å²) in [6.07, 6.45) is 5.21. The second-order valence-electron chi connectivity index (χ2n) is 8.94. The Hall–Kier alpha value is -2.22. The second kappa shape index (κ2) is 8.26. The maximum Gasteiger partial charge on any atom is 0.325 e. The van der Waals surface area contributed by atoms with Crippen molar-refractivity contribution in [2.75, 3.05) is 6.54 Å². The monoisotopic (exact) mass is 419 g/mol. The van der Waals surface area contributed by atoms with Crippen LogP contribution in [0, 0.1) is 5.41 Å². The molecule has 158 valence electrons. The van der Waals surface area contributed by atoms with E-state index in [0.29, 0.717) is 24.3 Å². The summed E-state index contributed by atoms with van der Waals surface area (Å²) in [5.41, 5.74) is -1.31.